The maximum Gasteiger partial charge on any atom is 0.147 e. The molecule has 0 aliphatic rings. The largest absolute Gasteiger partial charge is 0.364 e. The number of hydrogen-bond donors (Lipinski definition) is 1. The van der Waals surface area contributed by atoms with Crippen molar-refractivity contribution < 1.29 is 0 Å². The number of anilines is 1. The molecule has 0 amide bonds. The first-order valence-corrected chi connectivity index (χ1v) is 6.57. The third-order valence-electron chi connectivity index (χ3n) is 2.98. The molecule has 2 N–H and O–H groups in total. The molecule has 0 saturated heterocycles. The van der Waals surface area contributed by atoms with E-state index in [-0.39, 0.29) is 0 Å². The van der Waals surface area contributed by atoms with E-state index in [0.717, 1.165) is 18.8 Å². The smallest absolute Gasteiger partial charge is 0.147 e. The van der Waals surface area contributed by atoms with Gasteiger partial charge < -0.3 is 10.6 Å². The van der Waals surface area contributed by atoms with E-state index in [0.29, 0.717) is 13.1 Å². The first-order valence-electron chi connectivity index (χ1n) is 6.57. The van der Waals surface area contributed by atoms with E-state index in [1.807, 2.05) is 6.07 Å². The van der Waals surface area contributed by atoms with Crippen molar-refractivity contribution in [1.29, 1.82) is 0 Å². The average molecular weight is 256 g/mol. The maximum absolute atomic E-state index is 5.61. The van der Waals surface area contributed by atoms with E-state index < -0.39 is 0 Å². The highest BCUT2D eigenvalue weighted by molar-refractivity contribution is 5.47. The minimum Gasteiger partial charge on any atom is -0.364 e. The highest BCUT2D eigenvalue weighted by atomic mass is 15.1. The predicted molar refractivity (Wildman–Crippen MR) is 77.9 cm³/mol. The first-order chi connectivity index (χ1) is 9.29. The van der Waals surface area contributed by atoms with Crippen LogP contribution in [-0.2, 0) is 6.54 Å². The monoisotopic (exact) mass is 256 g/mol. The number of aromatic nitrogens is 2. The summed E-state index contributed by atoms with van der Waals surface area (Å²) in [6.45, 7) is 4.41. The molecular formula is C15H20N4. The van der Waals surface area contributed by atoms with Crippen molar-refractivity contribution in [1.82, 2.24) is 9.97 Å². The van der Waals surface area contributed by atoms with Gasteiger partial charge in [-0.05, 0) is 38.1 Å². The van der Waals surface area contributed by atoms with Gasteiger partial charge >= 0.3 is 0 Å². The van der Waals surface area contributed by atoms with Gasteiger partial charge in [-0.1, -0.05) is 17.7 Å². The zero-order valence-corrected chi connectivity index (χ0v) is 11.3. The molecule has 0 aliphatic heterocycles. The molecule has 0 unspecified atom stereocenters. The van der Waals surface area contributed by atoms with E-state index in [9.17, 15) is 0 Å². The lowest BCUT2D eigenvalue weighted by atomic mass is 10.2. The van der Waals surface area contributed by atoms with Gasteiger partial charge in [0.25, 0.3) is 0 Å². The summed E-state index contributed by atoms with van der Waals surface area (Å²) in [4.78, 5) is 10.8. The third-order valence-corrected chi connectivity index (χ3v) is 2.98. The highest BCUT2D eigenvalue weighted by Gasteiger charge is 2.08. The molecule has 19 heavy (non-hydrogen) atoms. The minimum atomic E-state index is 0.692. The Morgan fingerprint density at radius 3 is 2.42 bits per heavy atom. The van der Waals surface area contributed by atoms with E-state index in [1.165, 1.54) is 11.3 Å². The van der Waals surface area contributed by atoms with Gasteiger partial charge in [0, 0.05) is 24.6 Å². The van der Waals surface area contributed by atoms with Crippen LogP contribution >= 0.6 is 0 Å². The Hall–Kier alpha value is -1.94. The summed E-state index contributed by atoms with van der Waals surface area (Å²) in [6, 6.07) is 10.3. The van der Waals surface area contributed by atoms with Crippen LogP contribution in [0.5, 0.6) is 0 Å². The van der Waals surface area contributed by atoms with Crippen LogP contribution < -0.4 is 10.6 Å². The molecule has 1 heterocycles. The van der Waals surface area contributed by atoms with Crippen molar-refractivity contribution >= 4 is 5.69 Å². The van der Waals surface area contributed by atoms with Crippen LogP contribution in [0.2, 0.25) is 0 Å². The van der Waals surface area contributed by atoms with Crippen molar-refractivity contribution in [3.05, 3.63) is 54.1 Å². The Kier molecular flexibility index (Phi) is 4.86. The van der Waals surface area contributed by atoms with Crippen LogP contribution in [0.25, 0.3) is 0 Å². The molecular weight excluding hydrogens is 236 g/mol. The van der Waals surface area contributed by atoms with Gasteiger partial charge in [0.1, 0.15) is 5.82 Å². The molecule has 100 valence electrons. The van der Waals surface area contributed by atoms with Crippen LogP contribution in [0.1, 0.15) is 17.8 Å². The minimum absolute atomic E-state index is 0.692. The Labute approximate surface area is 114 Å². The van der Waals surface area contributed by atoms with E-state index in [4.69, 9.17) is 5.73 Å². The summed E-state index contributed by atoms with van der Waals surface area (Å²) in [5.74, 6) is 0.833. The second kappa shape index (κ2) is 6.85. The number of benzene rings is 1. The van der Waals surface area contributed by atoms with Crippen molar-refractivity contribution in [2.75, 3.05) is 18.0 Å². The number of nitrogens with two attached hydrogens (primary N) is 1. The van der Waals surface area contributed by atoms with Gasteiger partial charge in [-0.25, -0.2) is 9.97 Å². The highest BCUT2D eigenvalue weighted by Crippen LogP contribution is 2.17. The molecule has 0 fully saturated rings. The molecule has 0 aliphatic carbocycles. The van der Waals surface area contributed by atoms with Gasteiger partial charge in [0.05, 0.1) is 6.54 Å². The SMILES string of the molecule is Cc1ccc(N(CCCN)Cc2ncccn2)cc1. The van der Waals surface area contributed by atoms with Crippen molar-refractivity contribution in [3.63, 3.8) is 0 Å². The normalized spacial score (nSPS) is 10.4. The summed E-state index contributed by atoms with van der Waals surface area (Å²) in [5.41, 5.74) is 8.06. The first kappa shape index (κ1) is 13.5. The van der Waals surface area contributed by atoms with E-state index >= 15 is 0 Å². The van der Waals surface area contributed by atoms with Crippen LogP contribution in [-0.4, -0.2) is 23.1 Å². The van der Waals surface area contributed by atoms with Crippen molar-refractivity contribution in [2.24, 2.45) is 5.73 Å². The third kappa shape index (κ3) is 4.03. The van der Waals surface area contributed by atoms with E-state index in [2.05, 4.69) is 46.1 Å². The fraction of sp³-hybridized carbons (Fsp3) is 0.333. The number of aryl methyl sites for hydroxylation is 1. The average Bonchev–Trinajstić information content (AvgIpc) is 2.45. The number of nitrogens with zero attached hydrogens (tertiary/aromatic N) is 3. The second-order valence-corrected chi connectivity index (χ2v) is 4.56. The van der Waals surface area contributed by atoms with Gasteiger partial charge in [-0.3, -0.25) is 0 Å². The molecule has 0 spiro atoms. The Bertz CT molecular complexity index is 481. The Balaban J connectivity index is 2.13. The summed E-state index contributed by atoms with van der Waals surface area (Å²) < 4.78 is 0. The van der Waals surface area contributed by atoms with Gasteiger partial charge in [0.15, 0.2) is 0 Å². The lowest BCUT2D eigenvalue weighted by Gasteiger charge is -2.24. The predicted octanol–water partition coefficient (Wildman–Crippen LogP) is 2.14. The summed E-state index contributed by atoms with van der Waals surface area (Å²) in [6.07, 6.45) is 4.51. The van der Waals surface area contributed by atoms with Crippen LogP contribution in [0, 0.1) is 6.92 Å². The van der Waals surface area contributed by atoms with Crippen LogP contribution in [0.3, 0.4) is 0 Å². The number of hydrogen-bond acceptors (Lipinski definition) is 4. The quantitative estimate of drug-likeness (QED) is 0.860. The van der Waals surface area contributed by atoms with Gasteiger partial charge in [-0.2, -0.15) is 0 Å². The fourth-order valence-electron chi connectivity index (χ4n) is 1.92. The number of rotatable bonds is 6. The second-order valence-electron chi connectivity index (χ2n) is 4.56. The molecule has 2 aromatic rings. The molecule has 0 saturated carbocycles. The Morgan fingerprint density at radius 1 is 1.11 bits per heavy atom. The van der Waals surface area contributed by atoms with E-state index in [1.54, 1.807) is 12.4 Å². The van der Waals surface area contributed by atoms with Crippen molar-refractivity contribution in [2.45, 2.75) is 19.9 Å². The van der Waals surface area contributed by atoms with Gasteiger partial charge in [-0.15, -0.1) is 0 Å². The zero-order valence-electron chi connectivity index (χ0n) is 11.3. The molecule has 1 aromatic heterocycles. The zero-order chi connectivity index (χ0) is 13.5. The Morgan fingerprint density at radius 2 is 1.79 bits per heavy atom. The molecule has 2 rings (SSSR count). The molecule has 0 atom stereocenters. The van der Waals surface area contributed by atoms with Gasteiger partial charge in [0.2, 0.25) is 0 Å². The summed E-state index contributed by atoms with van der Waals surface area (Å²) in [5, 5.41) is 0. The topological polar surface area (TPSA) is 55.0 Å². The summed E-state index contributed by atoms with van der Waals surface area (Å²) in [7, 11) is 0. The molecule has 4 nitrogen and oxygen atoms in total. The summed E-state index contributed by atoms with van der Waals surface area (Å²) >= 11 is 0. The lowest BCUT2D eigenvalue weighted by Crippen LogP contribution is -2.26. The van der Waals surface area contributed by atoms with Crippen LogP contribution in [0.15, 0.2) is 42.7 Å². The van der Waals surface area contributed by atoms with Crippen LogP contribution in [0.4, 0.5) is 5.69 Å². The molecule has 0 bridgehead atoms. The fourth-order valence-corrected chi connectivity index (χ4v) is 1.92. The molecule has 4 heteroatoms. The molecule has 0 radical (unpaired) electrons. The van der Waals surface area contributed by atoms with Crippen molar-refractivity contribution in [3.8, 4) is 0 Å². The molecule has 1 aromatic carbocycles. The lowest BCUT2D eigenvalue weighted by molar-refractivity contribution is 0.712. The standard InChI is InChI=1S/C15H20N4/c1-13-4-6-14(7-5-13)19(11-2-8-16)12-15-17-9-3-10-18-15/h3-7,9-10H,2,8,11-12,16H2,1H3. The maximum atomic E-state index is 5.61.